The van der Waals surface area contributed by atoms with Gasteiger partial charge in [0.05, 0.1) is 16.4 Å². The maximum atomic E-state index is 12.6. The molecule has 0 radical (unpaired) electrons. The Hall–Kier alpha value is -3.00. The minimum absolute atomic E-state index is 0.115. The summed E-state index contributed by atoms with van der Waals surface area (Å²) in [6.07, 6.45) is 2.62. The van der Waals surface area contributed by atoms with E-state index in [9.17, 15) is 25.0 Å². The highest BCUT2D eigenvalue weighted by Gasteiger charge is 2.38. The Morgan fingerprint density at radius 1 is 1.03 bits per heavy atom. The Bertz CT molecular complexity index is 916. The molecule has 1 saturated carbocycles. The average Bonchev–Trinajstić information content (AvgIpc) is 2.73. The number of benzene rings is 2. The van der Waals surface area contributed by atoms with Gasteiger partial charge in [-0.1, -0.05) is 30.2 Å². The van der Waals surface area contributed by atoms with Gasteiger partial charge in [-0.3, -0.25) is 20.2 Å². The third kappa shape index (κ3) is 5.33. The third-order valence-electron chi connectivity index (χ3n) is 5.49. The fourth-order valence-corrected chi connectivity index (χ4v) is 4.14. The molecule has 1 aliphatic carbocycles. The molecule has 2 aromatic carbocycles. The van der Waals surface area contributed by atoms with Gasteiger partial charge in [-0.05, 0) is 49.1 Å². The summed E-state index contributed by atoms with van der Waals surface area (Å²) in [6.45, 7) is -0.266. The molecule has 30 heavy (non-hydrogen) atoms. The molecule has 0 bridgehead atoms. The van der Waals surface area contributed by atoms with E-state index in [1.165, 1.54) is 24.3 Å². The van der Waals surface area contributed by atoms with Crippen LogP contribution < -0.4 is 0 Å². The number of ether oxygens (including phenoxy) is 1. The number of non-ortho nitro benzene ring substituents is 1. The quantitative estimate of drug-likeness (QED) is 0.344. The van der Waals surface area contributed by atoms with Crippen LogP contribution >= 0.6 is 11.6 Å². The summed E-state index contributed by atoms with van der Waals surface area (Å²) in [5.41, 5.74) is 0.887. The van der Waals surface area contributed by atoms with Crippen LogP contribution in [0.15, 0.2) is 48.5 Å². The Balaban J connectivity index is 1.81. The van der Waals surface area contributed by atoms with Crippen molar-refractivity contribution < 1.29 is 19.4 Å². The summed E-state index contributed by atoms with van der Waals surface area (Å²) in [4.78, 5) is 33.9. The summed E-state index contributed by atoms with van der Waals surface area (Å²) >= 11 is 5.96. The lowest BCUT2D eigenvalue weighted by atomic mass is 9.75. The van der Waals surface area contributed by atoms with Gasteiger partial charge in [0.2, 0.25) is 6.54 Å². The number of carbonyl (C=O) groups excluding carboxylic acids is 1. The monoisotopic (exact) mass is 432 g/mol. The summed E-state index contributed by atoms with van der Waals surface area (Å²) in [6, 6.07) is 12.2. The molecule has 0 aliphatic heterocycles. The second kappa shape index (κ2) is 9.67. The van der Waals surface area contributed by atoms with Crippen molar-refractivity contribution in [2.45, 2.75) is 37.7 Å². The molecular formula is C21H21ClN2O6. The smallest absolute Gasteiger partial charge is 0.338 e. The number of rotatable bonds is 7. The molecule has 1 fully saturated rings. The van der Waals surface area contributed by atoms with Crippen LogP contribution in [0.2, 0.25) is 5.02 Å². The maximum Gasteiger partial charge on any atom is 0.338 e. The summed E-state index contributed by atoms with van der Waals surface area (Å²) in [7, 11) is 0. The fraction of sp³-hybridized carbons (Fsp3) is 0.381. The van der Waals surface area contributed by atoms with Crippen LogP contribution in [0, 0.1) is 26.1 Å². The summed E-state index contributed by atoms with van der Waals surface area (Å²) in [5, 5.41) is 22.7. The van der Waals surface area contributed by atoms with E-state index >= 15 is 0 Å². The van der Waals surface area contributed by atoms with Crippen LogP contribution in [-0.4, -0.2) is 28.5 Å². The number of nitro benzene ring substituents is 1. The molecule has 8 nitrogen and oxygen atoms in total. The normalized spacial score (nSPS) is 19.6. The van der Waals surface area contributed by atoms with E-state index < -0.39 is 22.9 Å². The van der Waals surface area contributed by atoms with Gasteiger partial charge < -0.3 is 4.74 Å². The molecule has 9 heteroatoms. The van der Waals surface area contributed by atoms with Crippen molar-refractivity contribution in [1.29, 1.82) is 0 Å². The standard InChI is InChI=1S/C21H21ClN2O6/c22-16-9-5-14(6-10-16)19(13-23(26)27)18-3-1-2-4-20(18)30-21(25)15-7-11-17(12-8-15)24(28)29/h5-12,18-20H,1-4,13H2/t18?,19-,20?/m0/s1. The molecule has 2 aromatic rings. The lowest BCUT2D eigenvalue weighted by molar-refractivity contribution is -0.485. The van der Waals surface area contributed by atoms with Gasteiger partial charge in [0, 0.05) is 28.0 Å². The molecule has 0 N–H and O–H groups in total. The molecule has 0 saturated heterocycles. The van der Waals surface area contributed by atoms with Gasteiger partial charge in [0.1, 0.15) is 6.10 Å². The van der Waals surface area contributed by atoms with E-state index in [1.807, 2.05) is 0 Å². The summed E-state index contributed by atoms with van der Waals surface area (Å²) < 4.78 is 5.74. The zero-order valence-electron chi connectivity index (χ0n) is 16.1. The van der Waals surface area contributed by atoms with Crippen molar-refractivity contribution in [3.8, 4) is 0 Å². The minimum atomic E-state index is -0.585. The van der Waals surface area contributed by atoms with Crippen molar-refractivity contribution in [1.82, 2.24) is 0 Å². The Morgan fingerprint density at radius 2 is 1.67 bits per heavy atom. The second-order valence-electron chi connectivity index (χ2n) is 7.37. The van der Waals surface area contributed by atoms with E-state index in [1.54, 1.807) is 24.3 Å². The van der Waals surface area contributed by atoms with E-state index in [0.717, 1.165) is 18.4 Å². The number of nitro groups is 2. The number of hydrogen-bond donors (Lipinski definition) is 0. The number of carbonyl (C=O) groups is 1. The fourth-order valence-electron chi connectivity index (χ4n) is 4.02. The third-order valence-corrected chi connectivity index (χ3v) is 5.74. The van der Waals surface area contributed by atoms with Crippen LogP contribution in [0.4, 0.5) is 5.69 Å². The predicted octanol–water partition coefficient (Wildman–Crippen LogP) is 5.02. The van der Waals surface area contributed by atoms with E-state index in [2.05, 4.69) is 0 Å². The lowest BCUT2D eigenvalue weighted by Gasteiger charge is -2.35. The largest absolute Gasteiger partial charge is 0.458 e. The first-order valence-corrected chi connectivity index (χ1v) is 10.1. The lowest BCUT2D eigenvalue weighted by Crippen LogP contribution is -2.36. The molecule has 0 aromatic heterocycles. The first-order chi connectivity index (χ1) is 14.3. The van der Waals surface area contributed by atoms with Gasteiger partial charge in [-0.15, -0.1) is 0 Å². The first-order valence-electron chi connectivity index (χ1n) is 9.68. The van der Waals surface area contributed by atoms with Gasteiger partial charge >= 0.3 is 5.97 Å². The molecule has 158 valence electrons. The molecule has 0 spiro atoms. The van der Waals surface area contributed by atoms with Gasteiger partial charge in [-0.2, -0.15) is 0 Å². The maximum absolute atomic E-state index is 12.6. The highest BCUT2D eigenvalue weighted by molar-refractivity contribution is 6.30. The van der Waals surface area contributed by atoms with Crippen LogP contribution in [0.25, 0.3) is 0 Å². The highest BCUT2D eigenvalue weighted by atomic mass is 35.5. The van der Waals surface area contributed by atoms with Crippen molar-refractivity contribution in [2.75, 3.05) is 6.54 Å². The van der Waals surface area contributed by atoms with Crippen molar-refractivity contribution >= 4 is 23.3 Å². The Kier molecular flexibility index (Phi) is 6.99. The summed E-state index contributed by atoms with van der Waals surface area (Å²) in [5.74, 6) is -1.20. The van der Waals surface area contributed by atoms with Crippen molar-refractivity contribution in [2.24, 2.45) is 5.92 Å². The van der Waals surface area contributed by atoms with Crippen LogP contribution in [0.3, 0.4) is 0 Å². The molecular weight excluding hydrogens is 412 g/mol. The average molecular weight is 433 g/mol. The molecule has 0 heterocycles. The van der Waals surface area contributed by atoms with Crippen molar-refractivity contribution in [3.05, 3.63) is 84.9 Å². The predicted molar refractivity (Wildman–Crippen MR) is 110 cm³/mol. The molecule has 0 amide bonds. The number of halogens is 1. The van der Waals surface area contributed by atoms with Gasteiger partial charge in [0.15, 0.2) is 0 Å². The van der Waals surface area contributed by atoms with Crippen LogP contribution in [-0.2, 0) is 4.74 Å². The van der Waals surface area contributed by atoms with Gasteiger partial charge in [-0.25, -0.2) is 4.79 Å². The van der Waals surface area contributed by atoms with E-state index in [-0.39, 0.29) is 28.6 Å². The number of hydrogen-bond acceptors (Lipinski definition) is 6. The molecule has 3 rings (SSSR count). The highest BCUT2D eigenvalue weighted by Crippen LogP contribution is 2.38. The zero-order valence-corrected chi connectivity index (χ0v) is 16.9. The topological polar surface area (TPSA) is 113 Å². The number of esters is 1. The van der Waals surface area contributed by atoms with Crippen LogP contribution in [0.5, 0.6) is 0 Å². The van der Waals surface area contributed by atoms with E-state index in [4.69, 9.17) is 16.3 Å². The van der Waals surface area contributed by atoms with Crippen LogP contribution in [0.1, 0.15) is 47.5 Å². The zero-order chi connectivity index (χ0) is 21.7. The SMILES string of the molecule is O=C(OC1CCCCC1[C@@H](C[N+](=O)[O-])c1ccc(Cl)cc1)c1ccc([N+](=O)[O-])cc1. The second-order valence-corrected chi connectivity index (χ2v) is 7.81. The Morgan fingerprint density at radius 3 is 2.27 bits per heavy atom. The molecule has 2 unspecified atom stereocenters. The molecule has 1 aliphatic rings. The van der Waals surface area contributed by atoms with Crippen molar-refractivity contribution in [3.63, 3.8) is 0 Å². The minimum Gasteiger partial charge on any atom is -0.458 e. The Labute approximate surface area is 178 Å². The molecule has 3 atom stereocenters. The van der Waals surface area contributed by atoms with Gasteiger partial charge in [0.25, 0.3) is 5.69 Å². The van der Waals surface area contributed by atoms with E-state index in [0.29, 0.717) is 17.9 Å². The number of nitrogens with zero attached hydrogens (tertiary/aromatic N) is 2. The first kappa shape index (κ1) is 21.7.